The Kier molecular flexibility index (Phi) is 4.96. The molecule has 1 heterocycles. The standard InChI is InChI=1S/C14H16.C4H9.Sb/c1-14(2,3)12-8-7-11-13-9-5-4-6-10-13;1-3-4-2;/h4-9,11H,1-3H3;1,3-4H2,2H3;. The Bertz CT molecular complexity index is 489. The van der Waals surface area contributed by atoms with Gasteiger partial charge in [-0.25, -0.2) is 0 Å². The van der Waals surface area contributed by atoms with Crippen LogP contribution in [0, 0.1) is 5.41 Å². The molecule has 1 aliphatic rings. The van der Waals surface area contributed by atoms with Crippen molar-refractivity contribution in [2.24, 2.45) is 5.41 Å². The normalized spacial score (nSPS) is 15.9. The first-order valence-corrected chi connectivity index (χ1v) is 11.6. The van der Waals surface area contributed by atoms with Crippen molar-refractivity contribution in [2.45, 2.75) is 44.9 Å². The molecule has 1 aromatic carbocycles. The average Bonchev–Trinajstić information content (AvgIpc) is 2.55. The van der Waals surface area contributed by atoms with Gasteiger partial charge < -0.3 is 0 Å². The number of hydrogen-bond donors (Lipinski definition) is 0. The molecule has 0 saturated heterocycles. The van der Waals surface area contributed by atoms with E-state index in [9.17, 15) is 0 Å². The molecule has 0 fully saturated rings. The van der Waals surface area contributed by atoms with Crippen LogP contribution in [0.4, 0.5) is 0 Å². The minimum absolute atomic E-state index is 0.318. The fraction of sp³-hybridized carbons (Fsp3) is 0.444. The second-order valence-corrected chi connectivity index (χ2v) is 12.7. The van der Waals surface area contributed by atoms with Crippen LogP contribution in [0.25, 0.3) is 6.08 Å². The van der Waals surface area contributed by atoms with Gasteiger partial charge in [-0.05, 0) is 0 Å². The molecule has 0 N–H and O–H groups in total. The maximum absolute atomic E-state index is 2.43. The molecule has 1 heteroatoms. The van der Waals surface area contributed by atoms with Crippen molar-refractivity contribution >= 4 is 29.8 Å². The molecule has 2 rings (SSSR count). The molecule has 0 aliphatic carbocycles. The minimum atomic E-state index is -1.54. The van der Waals surface area contributed by atoms with Crippen LogP contribution in [0.15, 0.2) is 39.9 Å². The van der Waals surface area contributed by atoms with Crippen molar-refractivity contribution < 1.29 is 0 Å². The van der Waals surface area contributed by atoms with E-state index in [2.05, 4.69) is 70.2 Å². The van der Waals surface area contributed by atoms with Crippen molar-refractivity contribution in [1.29, 1.82) is 0 Å². The van der Waals surface area contributed by atoms with Gasteiger partial charge in [0.2, 0.25) is 0 Å². The van der Waals surface area contributed by atoms with Gasteiger partial charge in [0, 0.05) is 0 Å². The molecule has 0 amide bonds. The molecular weight excluding hydrogens is 338 g/mol. The summed E-state index contributed by atoms with van der Waals surface area (Å²) in [6.07, 6.45) is 9.70. The second-order valence-electron chi connectivity index (χ2n) is 6.23. The first-order valence-electron chi connectivity index (χ1n) is 7.29. The summed E-state index contributed by atoms with van der Waals surface area (Å²) in [6.45, 7) is 9.44. The predicted octanol–water partition coefficient (Wildman–Crippen LogP) is 4.73. The van der Waals surface area contributed by atoms with Crippen LogP contribution >= 0.6 is 0 Å². The molecule has 1 aromatic rings. The topological polar surface area (TPSA) is 0 Å². The van der Waals surface area contributed by atoms with Gasteiger partial charge >= 0.3 is 126 Å². The molecule has 0 radical (unpaired) electrons. The van der Waals surface area contributed by atoms with E-state index in [1.807, 2.05) is 0 Å². The third-order valence-electron chi connectivity index (χ3n) is 3.55. The summed E-state index contributed by atoms with van der Waals surface area (Å²) in [5.74, 6) is 0. The monoisotopic (exact) mass is 362 g/mol. The molecule has 0 nitrogen and oxygen atoms in total. The summed E-state index contributed by atoms with van der Waals surface area (Å²) in [6, 6.07) is 9.07. The van der Waals surface area contributed by atoms with Gasteiger partial charge in [0.25, 0.3) is 0 Å². The Hall–Kier alpha value is -0.482. The number of benzene rings is 1. The van der Waals surface area contributed by atoms with Crippen LogP contribution in [0.1, 0.15) is 46.1 Å². The third-order valence-corrected chi connectivity index (χ3v) is 12.6. The van der Waals surface area contributed by atoms with Crippen LogP contribution in [-0.2, 0) is 0 Å². The van der Waals surface area contributed by atoms with E-state index >= 15 is 0 Å². The molecule has 0 bridgehead atoms. The quantitative estimate of drug-likeness (QED) is 0.682. The average molecular weight is 363 g/mol. The Labute approximate surface area is 125 Å². The maximum atomic E-state index is 2.43. The summed E-state index contributed by atoms with van der Waals surface area (Å²) < 4.78 is 4.89. The zero-order valence-electron chi connectivity index (χ0n) is 12.6. The summed E-state index contributed by atoms with van der Waals surface area (Å²) in [5, 5.41) is 0. The van der Waals surface area contributed by atoms with E-state index in [-0.39, 0.29) is 0 Å². The molecular formula is C18H25Sb. The van der Waals surface area contributed by atoms with Gasteiger partial charge in [-0.15, -0.1) is 0 Å². The van der Waals surface area contributed by atoms with Crippen molar-refractivity contribution in [2.75, 3.05) is 0 Å². The zero-order valence-corrected chi connectivity index (χ0v) is 15.2. The van der Waals surface area contributed by atoms with Crippen LogP contribution in [0.5, 0.6) is 0 Å². The molecule has 0 unspecified atom stereocenters. The van der Waals surface area contributed by atoms with Crippen LogP contribution in [-0.4, -0.2) is 20.2 Å². The number of fused-ring (bicyclic) bond motifs is 1. The van der Waals surface area contributed by atoms with Gasteiger partial charge in [-0.3, -0.25) is 0 Å². The first kappa shape index (κ1) is 14.9. The van der Waals surface area contributed by atoms with Gasteiger partial charge in [0.1, 0.15) is 0 Å². The van der Waals surface area contributed by atoms with Gasteiger partial charge in [0.05, 0.1) is 0 Å². The van der Waals surface area contributed by atoms with Gasteiger partial charge in [-0.1, -0.05) is 0 Å². The van der Waals surface area contributed by atoms with Crippen LogP contribution in [0.2, 0.25) is 4.37 Å². The third kappa shape index (κ3) is 3.54. The van der Waals surface area contributed by atoms with E-state index in [1.165, 1.54) is 22.8 Å². The van der Waals surface area contributed by atoms with E-state index in [4.69, 9.17) is 0 Å². The Morgan fingerprint density at radius 1 is 1.11 bits per heavy atom. The first-order chi connectivity index (χ1) is 9.04. The van der Waals surface area contributed by atoms with Crippen molar-refractivity contribution in [3.05, 3.63) is 45.5 Å². The number of hydrogen-bond acceptors (Lipinski definition) is 0. The SMILES string of the molecule is CCC[CH2][Sb]1[C](C(C)(C)C)=CC=Cc2cccc[c]21. The van der Waals surface area contributed by atoms with E-state index in [0.29, 0.717) is 5.41 Å². The van der Waals surface area contributed by atoms with E-state index in [0.717, 1.165) is 0 Å². The predicted molar refractivity (Wildman–Crippen MR) is 88.1 cm³/mol. The van der Waals surface area contributed by atoms with E-state index in [1.54, 1.807) is 7.03 Å². The van der Waals surface area contributed by atoms with Crippen molar-refractivity contribution in [3.8, 4) is 0 Å². The number of unbranched alkanes of at least 4 members (excludes halogenated alkanes) is 1. The fourth-order valence-corrected chi connectivity index (χ4v) is 11.6. The molecule has 0 spiro atoms. The van der Waals surface area contributed by atoms with E-state index < -0.39 is 20.2 Å². The molecule has 1 aliphatic heterocycles. The Balaban J connectivity index is 2.46. The van der Waals surface area contributed by atoms with Gasteiger partial charge in [0.15, 0.2) is 0 Å². The Morgan fingerprint density at radius 2 is 1.84 bits per heavy atom. The van der Waals surface area contributed by atoms with Gasteiger partial charge in [-0.2, -0.15) is 0 Å². The number of rotatable bonds is 3. The summed E-state index contributed by atoms with van der Waals surface area (Å²) in [7, 11) is 0. The molecule has 0 aromatic heterocycles. The Morgan fingerprint density at radius 3 is 2.53 bits per heavy atom. The molecule has 19 heavy (non-hydrogen) atoms. The van der Waals surface area contributed by atoms with Crippen LogP contribution < -0.4 is 3.51 Å². The summed E-state index contributed by atoms with van der Waals surface area (Å²) in [5.41, 5.74) is 1.79. The van der Waals surface area contributed by atoms with Crippen molar-refractivity contribution in [3.63, 3.8) is 0 Å². The van der Waals surface area contributed by atoms with Crippen LogP contribution in [0.3, 0.4) is 0 Å². The van der Waals surface area contributed by atoms with Crippen molar-refractivity contribution in [1.82, 2.24) is 0 Å². The number of allylic oxidation sites excluding steroid dienone is 3. The summed E-state index contributed by atoms with van der Waals surface area (Å²) >= 11 is -1.54. The molecule has 102 valence electrons. The zero-order chi connectivity index (χ0) is 13.9. The molecule has 0 saturated carbocycles. The molecule has 0 atom stereocenters. The fourth-order valence-electron chi connectivity index (χ4n) is 2.55. The summed E-state index contributed by atoms with van der Waals surface area (Å²) in [4.78, 5) is 0. The second kappa shape index (κ2) is 6.31.